The number of rotatable bonds is 4. The van der Waals surface area contributed by atoms with Crippen LogP contribution in [0.2, 0.25) is 0 Å². The van der Waals surface area contributed by atoms with Gasteiger partial charge in [0.15, 0.2) is 17.6 Å². The van der Waals surface area contributed by atoms with Crippen molar-refractivity contribution in [1.82, 2.24) is 9.55 Å². The lowest BCUT2D eigenvalue weighted by atomic mass is 10.1. The summed E-state index contributed by atoms with van der Waals surface area (Å²) in [5.74, 6) is 0.134. The van der Waals surface area contributed by atoms with Gasteiger partial charge in [-0.05, 0) is 19.1 Å². The molecule has 1 fully saturated rings. The Bertz CT molecular complexity index is 1090. The summed E-state index contributed by atoms with van der Waals surface area (Å²) in [6, 6.07) is 4.05. The fourth-order valence-corrected chi connectivity index (χ4v) is 3.55. The Kier molecular flexibility index (Phi) is 5.35. The molecule has 1 amide bonds. The van der Waals surface area contributed by atoms with Crippen LogP contribution in [0.5, 0.6) is 5.75 Å². The van der Waals surface area contributed by atoms with Gasteiger partial charge in [0, 0.05) is 11.8 Å². The van der Waals surface area contributed by atoms with E-state index < -0.39 is 43.0 Å². The predicted octanol–water partition coefficient (Wildman–Crippen LogP) is 1.78. The van der Waals surface area contributed by atoms with Crippen LogP contribution in [0.3, 0.4) is 0 Å². The highest BCUT2D eigenvalue weighted by molar-refractivity contribution is 5.91. The summed E-state index contributed by atoms with van der Waals surface area (Å²) in [5, 5.41) is 22.2. The Balaban J connectivity index is 1.79. The molecule has 170 valence electrons. The molecular weight excluding hydrogens is 433 g/mol. The van der Waals surface area contributed by atoms with Crippen molar-refractivity contribution >= 4 is 17.6 Å². The van der Waals surface area contributed by atoms with E-state index in [-0.39, 0.29) is 24.7 Å². The average Bonchev–Trinajstić information content (AvgIpc) is 3.22. The summed E-state index contributed by atoms with van der Waals surface area (Å²) in [5.41, 5.74) is 6.26. The van der Waals surface area contributed by atoms with E-state index in [1.807, 2.05) is 6.07 Å². The van der Waals surface area contributed by atoms with E-state index >= 15 is 0 Å². The van der Waals surface area contributed by atoms with E-state index in [1.165, 1.54) is 4.57 Å². The van der Waals surface area contributed by atoms with Crippen molar-refractivity contribution in [3.63, 3.8) is 0 Å². The quantitative estimate of drug-likeness (QED) is 0.597. The number of carbonyl (C=O) groups excluding carboxylic acids is 1. The molecule has 1 aromatic carbocycles. The number of nitriles is 1. The third-order valence-corrected chi connectivity index (χ3v) is 5.24. The molecule has 4 rings (SSSR count). The minimum Gasteiger partial charge on any atom is -0.491 e. The second-order valence-corrected chi connectivity index (χ2v) is 7.36. The fraction of sp³-hybridized carbons (Fsp3) is 0.421. The summed E-state index contributed by atoms with van der Waals surface area (Å²) in [7, 11) is 0. The Hall–Kier alpha value is -3.50. The number of nitrogens with zero attached hydrogens (tertiary/aromatic N) is 4. The smallest absolute Gasteiger partial charge is 0.416 e. The first-order valence-electron chi connectivity index (χ1n) is 9.62. The van der Waals surface area contributed by atoms with Crippen molar-refractivity contribution in [2.75, 3.05) is 23.4 Å². The number of amides is 1. The molecule has 1 aromatic heterocycles. The van der Waals surface area contributed by atoms with Gasteiger partial charge in [0.05, 0.1) is 18.2 Å². The first-order valence-corrected chi connectivity index (χ1v) is 9.62. The number of nitrogens with two attached hydrogens (primary N) is 1. The number of fused-ring (bicyclic) bond motifs is 3. The Morgan fingerprint density at radius 1 is 1.41 bits per heavy atom. The summed E-state index contributed by atoms with van der Waals surface area (Å²) in [6.45, 7) is 1.03. The molecule has 0 saturated carbocycles. The van der Waals surface area contributed by atoms with Gasteiger partial charge in [0.25, 0.3) is 0 Å². The van der Waals surface area contributed by atoms with Crippen molar-refractivity contribution in [3.05, 3.63) is 23.9 Å². The van der Waals surface area contributed by atoms with Crippen LogP contribution in [-0.4, -0.2) is 58.5 Å². The number of ether oxygens (including phenoxy) is 2. The highest BCUT2D eigenvalue weighted by Crippen LogP contribution is 2.40. The SMILES string of the molecule is C[C@H](Nc1ccc2c(c1)OCCn1c-2nc(N2C(=O)OC[C@H]2C(F)(F)F)c1C#N)C(N)O. The molecule has 32 heavy (non-hydrogen) atoms. The zero-order chi connectivity index (χ0) is 23.2. The number of nitrogens with one attached hydrogen (secondary N) is 1. The van der Waals surface area contributed by atoms with Crippen LogP contribution in [0.25, 0.3) is 11.4 Å². The number of carbonyl (C=O) groups is 1. The molecule has 1 saturated heterocycles. The second-order valence-electron chi connectivity index (χ2n) is 7.36. The molecule has 2 aliphatic rings. The van der Waals surface area contributed by atoms with Crippen LogP contribution in [0.4, 0.5) is 29.5 Å². The van der Waals surface area contributed by atoms with Crippen molar-refractivity contribution < 1.29 is 32.5 Å². The molecule has 2 aromatic rings. The lowest BCUT2D eigenvalue weighted by Crippen LogP contribution is -2.44. The number of hydrogen-bond donors (Lipinski definition) is 3. The Labute approximate surface area is 179 Å². The molecule has 1 unspecified atom stereocenters. The molecule has 13 heteroatoms. The van der Waals surface area contributed by atoms with Crippen molar-refractivity contribution in [3.8, 4) is 23.2 Å². The second kappa shape index (κ2) is 7.88. The van der Waals surface area contributed by atoms with Crippen LogP contribution in [0.15, 0.2) is 18.2 Å². The number of anilines is 2. The zero-order valence-corrected chi connectivity index (χ0v) is 16.8. The number of aliphatic hydroxyl groups excluding tert-OH is 1. The van der Waals surface area contributed by atoms with E-state index in [1.54, 1.807) is 25.1 Å². The fourth-order valence-electron chi connectivity index (χ4n) is 3.55. The standard InChI is InChI=1S/C19H19F3N6O4/c1-9(15(24)29)25-10-2-3-11-13(6-10)31-5-4-27-12(7-23)17(26-16(11)27)28-14(19(20,21)22)8-32-18(28)30/h2-3,6,9,14-15,25,29H,4-5,8,24H2,1H3/t9-,14-,15?/m0/s1. The number of aromatic nitrogens is 2. The summed E-state index contributed by atoms with van der Waals surface area (Å²) in [6.07, 6.45) is -7.08. The predicted molar refractivity (Wildman–Crippen MR) is 105 cm³/mol. The van der Waals surface area contributed by atoms with E-state index in [0.717, 1.165) is 0 Å². The van der Waals surface area contributed by atoms with Gasteiger partial charge in [0.1, 0.15) is 37.1 Å². The van der Waals surface area contributed by atoms with Crippen LogP contribution >= 0.6 is 0 Å². The maximum absolute atomic E-state index is 13.5. The zero-order valence-electron chi connectivity index (χ0n) is 16.8. The molecule has 3 atom stereocenters. The number of cyclic esters (lactones) is 1. The molecule has 0 aliphatic carbocycles. The minimum absolute atomic E-state index is 0.107. The molecular formula is C19H19F3N6O4. The first kappa shape index (κ1) is 21.7. The molecule has 0 spiro atoms. The monoisotopic (exact) mass is 452 g/mol. The number of imidazole rings is 1. The maximum Gasteiger partial charge on any atom is 0.416 e. The van der Waals surface area contributed by atoms with E-state index in [0.29, 0.717) is 21.9 Å². The van der Waals surface area contributed by atoms with Gasteiger partial charge in [-0.15, -0.1) is 0 Å². The van der Waals surface area contributed by atoms with Crippen LogP contribution in [0.1, 0.15) is 12.6 Å². The molecule has 3 heterocycles. The number of halogens is 3. The number of aliphatic hydroxyl groups is 1. The van der Waals surface area contributed by atoms with Gasteiger partial charge in [-0.2, -0.15) is 18.4 Å². The molecule has 0 radical (unpaired) electrons. The van der Waals surface area contributed by atoms with Crippen LogP contribution in [-0.2, 0) is 11.3 Å². The van der Waals surface area contributed by atoms with E-state index in [2.05, 4.69) is 15.0 Å². The lowest BCUT2D eigenvalue weighted by molar-refractivity contribution is -0.147. The number of alkyl halides is 3. The van der Waals surface area contributed by atoms with Crippen molar-refractivity contribution in [1.29, 1.82) is 5.26 Å². The van der Waals surface area contributed by atoms with Gasteiger partial charge in [-0.1, -0.05) is 0 Å². The third kappa shape index (κ3) is 3.67. The lowest BCUT2D eigenvalue weighted by Gasteiger charge is -2.21. The molecule has 0 bridgehead atoms. The van der Waals surface area contributed by atoms with E-state index in [9.17, 15) is 28.3 Å². The van der Waals surface area contributed by atoms with Crippen LogP contribution in [0, 0.1) is 11.3 Å². The van der Waals surface area contributed by atoms with Gasteiger partial charge in [-0.3, -0.25) is 0 Å². The minimum atomic E-state index is -4.76. The first-order chi connectivity index (χ1) is 15.1. The van der Waals surface area contributed by atoms with Gasteiger partial charge in [0.2, 0.25) is 0 Å². The maximum atomic E-state index is 13.5. The summed E-state index contributed by atoms with van der Waals surface area (Å²) < 4.78 is 52.1. The van der Waals surface area contributed by atoms with Gasteiger partial charge >= 0.3 is 12.3 Å². The largest absolute Gasteiger partial charge is 0.491 e. The highest BCUT2D eigenvalue weighted by atomic mass is 19.4. The normalized spacial score (nSPS) is 19.7. The van der Waals surface area contributed by atoms with Crippen LogP contribution < -0.4 is 20.7 Å². The molecule has 10 nitrogen and oxygen atoms in total. The Morgan fingerprint density at radius 3 is 2.81 bits per heavy atom. The van der Waals surface area contributed by atoms with Crippen molar-refractivity contribution in [2.45, 2.75) is 38.0 Å². The number of benzene rings is 1. The van der Waals surface area contributed by atoms with Gasteiger partial charge in [-0.25, -0.2) is 14.7 Å². The number of hydrogen-bond acceptors (Lipinski definition) is 8. The topological polar surface area (TPSA) is 139 Å². The summed E-state index contributed by atoms with van der Waals surface area (Å²) >= 11 is 0. The highest BCUT2D eigenvalue weighted by Gasteiger charge is 2.53. The van der Waals surface area contributed by atoms with Crippen molar-refractivity contribution in [2.24, 2.45) is 5.73 Å². The van der Waals surface area contributed by atoms with E-state index in [4.69, 9.17) is 10.5 Å². The third-order valence-electron chi connectivity index (χ3n) is 5.24. The Morgan fingerprint density at radius 2 is 2.16 bits per heavy atom. The average molecular weight is 452 g/mol. The molecule has 2 aliphatic heterocycles. The molecule has 4 N–H and O–H groups in total. The summed E-state index contributed by atoms with van der Waals surface area (Å²) in [4.78, 5) is 16.7. The van der Waals surface area contributed by atoms with Gasteiger partial charge < -0.3 is 30.2 Å².